The summed E-state index contributed by atoms with van der Waals surface area (Å²) in [5.41, 5.74) is 1.48. The zero-order valence-electron chi connectivity index (χ0n) is 20.2. The molecule has 0 unspecified atom stereocenters. The van der Waals surface area contributed by atoms with Gasteiger partial charge in [0, 0.05) is 19.5 Å². The van der Waals surface area contributed by atoms with Crippen molar-refractivity contribution in [3.8, 4) is 0 Å². The lowest BCUT2D eigenvalue weighted by molar-refractivity contribution is -0.140. The summed E-state index contributed by atoms with van der Waals surface area (Å²) in [6.45, 7) is 3.95. The van der Waals surface area contributed by atoms with Gasteiger partial charge in [0.05, 0.1) is 17.7 Å². The van der Waals surface area contributed by atoms with Crippen LogP contribution in [0.1, 0.15) is 37.2 Å². The first-order valence-electron chi connectivity index (χ1n) is 11.6. The molecule has 0 bridgehead atoms. The molecule has 1 atom stereocenters. The lowest BCUT2D eigenvalue weighted by atomic mass is 10.1. The second kappa shape index (κ2) is 12.5. The molecule has 0 fully saturated rings. The Balaban J connectivity index is 1.69. The predicted molar refractivity (Wildman–Crippen MR) is 133 cm³/mol. The third-order valence-electron chi connectivity index (χ3n) is 5.65. The van der Waals surface area contributed by atoms with Crippen molar-refractivity contribution in [3.05, 3.63) is 89.6 Å². The van der Waals surface area contributed by atoms with Crippen molar-refractivity contribution in [2.75, 3.05) is 6.54 Å². The van der Waals surface area contributed by atoms with E-state index in [9.17, 15) is 22.4 Å². The highest BCUT2D eigenvalue weighted by Crippen LogP contribution is 2.16. The Labute approximate surface area is 210 Å². The van der Waals surface area contributed by atoms with E-state index in [1.807, 2.05) is 0 Å². The van der Waals surface area contributed by atoms with Crippen LogP contribution in [-0.2, 0) is 39.1 Å². The zero-order chi connectivity index (χ0) is 26.1. The monoisotopic (exact) mass is 515 g/mol. The standard InChI is InChI=1S/C26H30FN3O5S/c1-3-29-36(33,34)24-13-8-20(9-14-24)10-15-25(31)30(18-21-6-11-22(27)12-7-21)19(2)26(32)28-17-23-5-4-16-35-23/h4-9,11-14,16,19,29H,3,10,15,17-18H2,1-2H3,(H,28,32)/t19-/m1/s1. The molecule has 2 N–H and O–H groups in total. The van der Waals surface area contributed by atoms with Gasteiger partial charge >= 0.3 is 0 Å². The van der Waals surface area contributed by atoms with Gasteiger partial charge in [-0.2, -0.15) is 0 Å². The largest absolute Gasteiger partial charge is 0.467 e. The van der Waals surface area contributed by atoms with Crippen molar-refractivity contribution in [1.29, 1.82) is 0 Å². The van der Waals surface area contributed by atoms with Gasteiger partial charge in [-0.05, 0) is 60.9 Å². The van der Waals surface area contributed by atoms with E-state index in [0.29, 0.717) is 17.7 Å². The van der Waals surface area contributed by atoms with Gasteiger partial charge < -0.3 is 14.6 Å². The van der Waals surface area contributed by atoms with E-state index in [0.717, 1.165) is 5.56 Å². The molecule has 10 heteroatoms. The Morgan fingerprint density at radius 3 is 2.31 bits per heavy atom. The lowest BCUT2D eigenvalue weighted by Gasteiger charge is -2.29. The first kappa shape index (κ1) is 27.1. The fourth-order valence-corrected chi connectivity index (χ4v) is 4.65. The Morgan fingerprint density at radius 1 is 1.03 bits per heavy atom. The molecule has 1 heterocycles. The maximum absolute atomic E-state index is 13.4. The molecular formula is C26H30FN3O5S. The molecule has 2 amide bonds. The van der Waals surface area contributed by atoms with Crippen molar-refractivity contribution in [3.63, 3.8) is 0 Å². The van der Waals surface area contributed by atoms with E-state index >= 15 is 0 Å². The zero-order valence-corrected chi connectivity index (χ0v) is 21.1. The molecule has 0 aliphatic rings. The topological polar surface area (TPSA) is 109 Å². The van der Waals surface area contributed by atoms with E-state index in [4.69, 9.17) is 4.42 Å². The number of furan rings is 1. The number of hydrogen-bond donors (Lipinski definition) is 2. The van der Waals surface area contributed by atoms with E-state index in [1.54, 1.807) is 50.2 Å². The molecule has 192 valence electrons. The summed E-state index contributed by atoms with van der Waals surface area (Å²) in [6.07, 6.45) is 1.98. The van der Waals surface area contributed by atoms with Gasteiger partial charge in [-0.25, -0.2) is 17.5 Å². The van der Waals surface area contributed by atoms with Gasteiger partial charge in [-0.15, -0.1) is 0 Å². The molecule has 3 rings (SSSR count). The molecule has 36 heavy (non-hydrogen) atoms. The maximum Gasteiger partial charge on any atom is 0.242 e. The fourth-order valence-electron chi connectivity index (χ4n) is 3.61. The number of halogens is 1. The number of nitrogens with zero attached hydrogens (tertiary/aromatic N) is 1. The molecule has 2 aromatic carbocycles. The van der Waals surface area contributed by atoms with E-state index in [1.165, 1.54) is 35.4 Å². The Morgan fingerprint density at radius 2 is 1.69 bits per heavy atom. The number of carbonyl (C=O) groups excluding carboxylic acids is 2. The number of sulfonamides is 1. The van der Waals surface area contributed by atoms with Gasteiger partial charge in [0.1, 0.15) is 17.6 Å². The first-order chi connectivity index (χ1) is 17.2. The third-order valence-corrected chi connectivity index (χ3v) is 7.21. The number of benzene rings is 2. The van der Waals surface area contributed by atoms with Gasteiger partial charge in [0.15, 0.2) is 0 Å². The molecule has 0 saturated heterocycles. The van der Waals surface area contributed by atoms with Crippen molar-refractivity contribution in [2.45, 2.75) is 50.7 Å². The normalized spacial score (nSPS) is 12.2. The number of hydrogen-bond acceptors (Lipinski definition) is 5. The average Bonchev–Trinajstić information content (AvgIpc) is 3.39. The van der Waals surface area contributed by atoms with Gasteiger partial charge in [-0.3, -0.25) is 9.59 Å². The minimum absolute atomic E-state index is 0.107. The number of rotatable bonds is 12. The molecule has 0 aliphatic heterocycles. The Hall–Kier alpha value is -3.50. The predicted octanol–water partition coefficient (Wildman–Crippen LogP) is 3.38. The first-order valence-corrected chi connectivity index (χ1v) is 13.1. The molecule has 3 aromatic rings. The third kappa shape index (κ3) is 7.50. The summed E-state index contributed by atoms with van der Waals surface area (Å²) in [5.74, 6) is -0.406. The lowest BCUT2D eigenvalue weighted by Crippen LogP contribution is -2.47. The van der Waals surface area contributed by atoms with Crippen LogP contribution >= 0.6 is 0 Å². The van der Waals surface area contributed by atoms with Crippen LogP contribution in [0.25, 0.3) is 0 Å². The van der Waals surface area contributed by atoms with Gasteiger partial charge in [-0.1, -0.05) is 31.2 Å². The Bertz CT molecular complexity index is 1240. The summed E-state index contributed by atoms with van der Waals surface area (Å²) < 4.78 is 45.3. The molecule has 1 aromatic heterocycles. The molecule has 0 saturated carbocycles. The molecule has 8 nitrogen and oxygen atoms in total. The van der Waals surface area contributed by atoms with Crippen LogP contribution in [0.4, 0.5) is 4.39 Å². The number of nitrogens with one attached hydrogen (secondary N) is 2. The quantitative estimate of drug-likeness (QED) is 0.384. The fraction of sp³-hybridized carbons (Fsp3) is 0.308. The van der Waals surface area contributed by atoms with Crippen LogP contribution in [0.3, 0.4) is 0 Å². The van der Waals surface area contributed by atoms with Gasteiger partial charge in [0.25, 0.3) is 0 Å². The van der Waals surface area contributed by atoms with E-state index in [-0.39, 0.29) is 48.6 Å². The molecule has 0 aliphatic carbocycles. The number of carbonyl (C=O) groups is 2. The highest BCUT2D eigenvalue weighted by molar-refractivity contribution is 7.89. The smallest absolute Gasteiger partial charge is 0.242 e. The average molecular weight is 516 g/mol. The van der Waals surface area contributed by atoms with Crippen molar-refractivity contribution < 1.29 is 26.8 Å². The maximum atomic E-state index is 13.4. The molecule has 0 radical (unpaired) electrons. The minimum Gasteiger partial charge on any atom is -0.467 e. The van der Waals surface area contributed by atoms with Crippen LogP contribution in [0, 0.1) is 5.82 Å². The summed E-state index contributed by atoms with van der Waals surface area (Å²) in [6, 6.07) is 14.8. The van der Waals surface area contributed by atoms with Crippen LogP contribution < -0.4 is 10.0 Å². The van der Waals surface area contributed by atoms with Crippen LogP contribution in [-0.4, -0.2) is 37.7 Å². The molecular weight excluding hydrogens is 485 g/mol. The second-order valence-corrected chi connectivity index (χ2v) is 10.0. The summed E-state index contributed by atoms with van der Waals surface area (Å²) >= 11 is 0. The van der Waals surface area contributed by atoms with Crippen molar-refractivity contribution in [1.82, 2.24) is 14.9 Å². The number of aryl methyl sites for hydroxylation is 1. The minimum atomic E-state index is -3.56. The SMILES string of the molecule is CCNS(=O)(=O)c1ccc(CCC(=O)N(Cc2ccc(F)cc2)[C@H](C)C(=O)NCc2ccco2)cc1. The van der Waals surface area contributed by atoms with Crippen molar-refractivity contribution >= 4 is 21.8 Å². The number of amides is 2. The van der Waals surface area contributed by atoms with Gasteiger partial charge in [0.2, 0.25) is 21.8 Å². The summed E-state index contributed by atoms with van der Waals surface area (Å²) in [5, 5.41) is 2.77. The van der Waals surface area contributed by atoms with Crippen LogP contribution in [0.15, 0.2) is 76.2 Å². The van der Waals surface area contributed by atoms with Crippen LogP contribution in [0.5, 0.6) is 0 Å². The molecule has 0 spiro atoms. The highest BCUT2D eigenvalue weighted by Gasteiger charge is 2.26. The van der Waals surface area contributed by atoms with E-state index in [2.05, 4.69) is 10.0 Å². The van der Waals surface area contributed by atoms with Crippen molar-refractivity contribution in [2.24, 2.45) is 0 Å². The highest BCUT2D eigenvalue weighted by atomic mass is 32.2. The van der Waals surface area contributed by atoms with Crippen LogP contribution in [0.2, 0.25) is 0 Å². The summed E-state index contributed by atoms with van der Waals surface area (Å²) in [4.78, 5) is 27.6. The Kier molecular flexibility index (Phi) is 9.38. The summed E-state index contributed by atoms with van der Waals surface area (Å²) in [7, 11) is -3.56. The second-order valence-electron chi connectivity index (χ2n) is 8.27. The van der Waals surface area contributed by atoms with E-state index < -0.39 is 16.1 Å².